The van der Waals surface area contributed by atoms with E-state index < -0.39 is 0 Å². The van der Waals surface area contributed by atoms with Crippen LogP contribution in [0.15, 0.2) is 11.3 Å². The molecule has 0 amide bonds. The predicted octanol–water partition coefficient (Wildman–Crippen LogP) is 2.84. The molecule has 0 saturated heterocycles. The second-order valence-electron chi connectivity index (χ2n) is 2.28. The fraction of sp³-hybridized carbons (Fsp3) is 0.500. The number of nitrogens with zero attached hydrogens (tertiary/aromatic N) is 3. The Labute approximate surface area is 80.0 Å². The molecule has 0 N–H and O–H groups in total. The lowest BCUT2D eigenvalue weighted by atomic mass is 10.3. The molecule has 72 valence electrons. The van der Waals surface area contributed by atoms with Crippen LogP contribution in [-0.4, -0.2) is 16.2 Å². The molecule has 0 spiro atoms. The molecule has 1 heterocycles. The number of aromatic nitrogens is 2. The maximum Gasteiger partial charge on any atom is 0.116 e. The summed E-state index contributed by atoms with van der Waals surface area (Å²) in [5.74, 6) is 0. The van der Waals surface area contributed by atoms with Gasteiger partial charge in [-0.3, -0.25) is 4.99 Å². The molecule has 13 heavy (non-hydrogen) atoms. The average molecular weight is 179 g/mol. The topological polar surface area (TPSA) is 38.1 Å². The van der Waals surface area contributed by atoms with Crippen LogP contribution in [0.25, 0.3) is 0 Å². The van der Waals surface area contributed by atoms with E-state index in [1.807, 2.05) is 34.6 Å². The van der Waals surface area contributed by atoms with E-state index in [9.17, 15) is 0 Å². The highest BCUT2D eigenvalue weighted by molar-refractivity contribution is 5.62. The summed E-state index contributed by atoms with van der Waals surface area (Å²) >= 11 is 0. The van der Waals surface area contributed by atoms with Gasteiger partial charge in [0.2, 0.25) is 0 Å². The molecule has 0 fully saturated rings. The zero-order valence-corrected chi connectivity index (χ0v) is 9.00. The second-order valence-corrected chi connectivity index (χ2v) is 2.28. The third-order valence-electron chi connectivity index (χ3n) is 1.45. The normalized spacial score (nSPS) is 9.62. The molecular formula is C10H17N3. The smallest absolute Gasteiger partial charge is 0.116 e. The molecule has 0 bridgehead atoms. The Hall–Kier alpha value is -1.25. The molecule has 0 radical (unpaired) electrons. The van der Waals surface area contributed by atoms with Crippen molar-refractivity contribution in [3.63, 3.8) is 0 Å². The maximum absolute atomic E-state index is 4.16. The Morgan fingerprint density at radius 1 is 1.15 bits per heavy atom. The quantitative estimate of drug-likeness (QED) is 0.622. The van der Waals surface area contributed by atoms with Gasteiger partial charge in [-0.05, 0) is 20.8 Å². The van der Waals surface area contributed by atoms with E-state index in [1.165, 1.54) is 0 Å². The molecule has 0 aliphatic rings. The largest absolute Gasteiger partial charge is 0.258 e. The monoisotopic (exact) mass is 179 g/mol. The van der Waals surface area contributed by atoms with E-state index in [0.717, 1.165) is 17.1 Å². The summed E-state index contributed by atoms with van der Waals surface area (Å²) in [6.07, 6.45) is 3.30. The summed E-state index contributed by atoms with van der Waals surface area (Å²) in [7, 11) is 0. The fourth-order valence-electron chi connectivity index (χ4n) is 0.902. The summed E-state index contributed by atoms with van der Waals surface area (Å²) in [5.41, 5.74) is 2.74. The van der Waals surface area contributed by atoms with Gasteiger partial charge in [0.05, 0.1) is 11.4 Å². The van der Waals surface area contributed by atoms with Gasteiger partial charge in [-0.1, -0.05) is 13.8 Å². The lowest BCUT2D eigenvalue weighted by Crippen LogP contribution is -1.88. The molecule has 1 aromatic heterocycles. The van der Waals surface area contributed by atoms with Gasteiger partial charge in [0.1, 0.15) is 12.0 Å². The van der Waals surface area contributed by atoms with Crippen molar-refractivity contribution in [3.8, 4) is 0 Å². The third kappa shape index (κ3) is 3.32. The Morgan fingerprint density at radius 3 is 2.00 bits per heavy atom. The zero-order chi connectivity index (χ0) is 10.3. The Morgan fingerprint density at radius 2 is 1.62 bits per heavy atom. The standard InChI is InChI=1S/C8H11N3.C2H6/c1-4-9-8-6(2)10-5-11-7(8)3;1-2/h4-5H,1-3H3;1-2H3. The highest BCUT2D eigenvalue weighted by atomic mass is 14.9. The van der Waals surface area contributed by atoms with Crippen LogP contribution in [-0.2, 0) is 0 Å². The Bertz CT molecular complexity index is 259. The van der Waals surface area contributed by atoms with Crippen molar-refractivity contribution in [2.45, 2.75) is 34.6 Å². The van der Waals surface area contributed by atoms with Gasteiger partial charge in [-0.2, -0.15) is 0 Å². The number of hydrogen-bond donors (Lipinski definition) is 0. The highest BCUT2D eigenvalue weighted by Gasteiger charge is 1.99. The molecule has 0 aliphatic heterocycles. The predicted molar refractivity (Wildman–Crippen MR) is 56.7 cm³/mol. The summed E-state index contributed by atoms with van der Waals surface area (Å²) in [4.78, 5) is 12.2. The first-order chi connectivity index (χ1) is 6.25. The molecule has 3 heteroatoms. The van der Waals surface area contributed by atoms with Crippen LogP contribution >= 0.6 is 0 Å². The van der Waals surface area contributed by atoms with Gasteiger partial charge in [0, 0.05) is 6.21 Å². The SMILES string of the molecule is CC.CC=Nc1c(C)ncnc1C. The molecule has 1 rings (SSSR count). The molecular weight excluding hydrogens is 162 g/mol. The summed E-state index contributed by atoms with van der Waals surface area (Å²) in [5, 5.41) is 0. The molecule has 0 atom stereocenters. The lowest BCUT2D eigenvalue weighted by Gasteiger charge is -1.99. The molecule has 0 aromatic carbocycles. The molecule has 0 aliphatic carbocycles. The van der Waals surface area contributed by atoms with E-state index >= 15 is 0 Å². The van der Waals surface area contributed by atoms with Crippen molar-refractivity contribution in [1.29, 1.82) is 0 Å². The van der Waals surface area contributed by atoms with E-state index in [2.05, 4.69) is 15.0 Å². The van der Waals surface area contributed by atoms with Crippen LogP contribution in [0.2, 0.25) is 0 Å². The lowest BCUT2D eigenvalue weighted by molar-refractivity contribution is 1.05. The van der Waals surface area contributed by atoms with Crippen LogP contribution in [0.5, 0.6) is 0 Å². The Kier molecular flexibility index (Phi) is 5.68. The van der Waals surface area contributed by atoms with Crippen LogP contribution in [0, 0.1) is 13.8 Å². The van der Waals surface area contributed by atoms with Gasteiger partial charge >= 0.3 is 0 Å². The van der Waals surface area contributed by atoms with Gasteiger partial charge < -0.3 is 0 Å². The van der Waals surface area contributed by atoms with Gasteiger partial charge in [-0.25, -0.2) is 9.97 Å². The summed E-state index contributed by atoms with van der Waals surface area (Å²) < 4.78 is 0. The average Bonchev–Trinajstić information content (AvgIpc) is 2.15. The van der Waals surface area contributed by atoms with E-state index in [1.54, 1.807) is 12.5 Å². The van der Waals surface area contributed by atoms with E-state index in [0.29, 0.717) is 0 Å². The van der Waals surface area contributed by atoms with Crippen LogP contribution in [0.1, 0.15) is 32.2 Å². The highest BCUT2D eigenvalue weighted by Crippen LogP contribution is 2.17. The number of rotatable bonds is 1. The van der Waals surface area contributed by atoms with Crippen LogP contribution in [0.4, 0.5) is 5.69 Å². The first-order valence-electron chi connectivity index (χ1n) is 4.52. The minimum atomic E-state index is 0.884. The number of aliphatic imine (C=N–C) groups is 1. The number of aryl methyl sites for hydroxylation is 2. The second kappa shape index (κ2) is 6.29. The molecule has 0 saturated carbocycles. The molecule has 1 aromatic rings. The maximum atomic E-state index is 4.16. The van der Waals surface area contributed by atoms with Gasteiger partial charge in [0.25, 0.3) is 0 Å². The van der Waals surface area contributed by atoms with Gasteiger partial charge in [-0.15, -0.1) is 0 Å². The minimum Gasteiger partial charge on any atom is -0.258 e. The van der Waals surface area contributed by atoms with Crippen molar-refractivity contribution in [2.24, 2.45) is 4.99 Å². The van der Waals surface area contributed by atoms with Crippen LogP contribution in [0.3, 0.4) is 0 Å². The van der Waals surface area contributed by atoms with Crippen molar-refractivity contribution >= 4 is 11.9 Å². The van der Waals surface area contributed by atoms with Crippen molar-refractivity contribution < 1.29 is 0 Å². The first kappa shape index (κ1) is 11.8. The molecule has 0 unspecified atom stereocenters. The first-order valence-corrected chi connectivity index (χ1v) is 4.52. The van der Waals surface area contributed by atoms with Crippen molar-refractivity contribution in [2.75, 3.05) is 0 Å². The zero-order valence-electron chi connectivity index (χ0n) is 9.00. The molecule has 3 nitrogen and oxygen atoms in total. The van der Waals surface area contributed by atoms with Gasteiger partial charge in [0.15, 0.2) is 0 Å². The van der Waals surface area contributed by atoms with E-state index in [-0.39, 0.29) is 0 Å². The number of hydrogen-bond acceptors (Lipinski definition) is 3. The summed E-state index contributed by atoms with van der Waals surface area (Å²) in [6.45, 7) is 9.74. The van der Waals surface area contributed by atoms with E-state index in [4.69, 9.17) is 0 Å². The van der Waals surface area contributed by atoms with Crippen LogP contribution < -0.4 is 0 Å². The Balaban J connectivity index is 0.000000671. The third-order valence-corrected chi connectivity index (χ3v) is 1.45. The summed E-state index contributed by atoms with van der Waals surface area (Å²) in [6, 6.07) is 0. The minimum absolute atomic E-state index is 0.884. The van der Waals surface area contributed by atoms with Crippen molar-refractivity contribution in [3.05, 3.63) is 17.7 Å². The fourth-order valence-corrected chi connectivity index (χ4v) is 0.902. The van der Waals surface area contributed by atoms with Crippen molar-refractivity contribution in [1.82, 2.24) is 9.97 Å².